The van der Waals surface area contributed by atoms with Crippen LogP contribution in [0.5, 0.6) is 11.5 Å². The number of Topliss-reactive ketones (excluding diaryl/α,β-unsaturated/α-hetero) is 1. The van der Waals surface area contributed by atoms with Crippen molar-refractivity contribution in [2.24, 2.45) is 0 Å². The van der Waals surface area contributed by atoms with Crippen LogP contribution in [0.15, 0.2) is 34.6 Å². The Kier molecular flexibility index (Phi) is 4.36. The highest BCUT2D eigenvalue weighted by molar-refractivity contribution is 7.98. The Balaban J connectivity index is 1.96. The van der Waals surface area contributed by atoms with Gasteiger partial charge in [-0.3, -0.25) is 4.79 Å². The Morgan fingerprint density at radius 3 is 2.85 bits per heavy atom. The summed E-state index contributed by atoms with van der Waals surface area (Å²) in [5, 5.41) is 8.58. The Labute approximate surface area is 155 Å². The molecule has 0 fully saturated rings. The topological polar surface area (TPSA) is 78.3 Å². The average Bonchev–Trinajstić information content (AvgIpc) is 3.08. The first-order valence-corrected chi connectivity index (χ1v) is 9.64. The van der Waals surface area contributed by atoms with Gasteiger partial charge in [-0.25, -0.2) is 4.68 Å². The van der Waals surface area contributed by atoms with Crippen LogP contribution in [0.1, 0.15) is 30.9 Å². The molecular weight excluding hydrogens is 352 g/mol. The molecule has 1 N–H and O–H groups in total. The van der Waals surface area contributed by atoms with E-state index >= 15 is 0 Å². The summed E-state index contributed by atoms with van der Waals surface area (Å²) in [6, 6.07) is 5.23. The number of fused-ring (bicyclic) bond motifs is 1. The van der Waals surface area contributed by atoms with Crippen LogP contribution in [0.3, 0.4) is 0 Å². The highest BCUT2D eigenvalue weighted by Gasteiger charge is 2.38. The number of hydrogen-bond acceptors (Lipinski definition) is 7. The fraction of sp³-hybridized carbons (Fsp3) is 0.389. The molecule has 0 unspecified atom stereocenters. The van der Waals surface area contributed by atoms with Gasteiger partial charge in [-0.1, -0.05) is 11.8 Å². The molecule has 1 atom stereocenters. The number of allylic oxidation sites excluding steroid dienone is 2. The predicted octanol–water partition coefficient (Wildman–Crippen LogP) is 3.04. The number of ketones is 1. The molecule has 1 aromatic heterocycles. The molecule has 26 heavy (non-hydrogen) atoms. The van der Waals surface area contributed by atoms with E-state index in [9.17, 15) is 4.79 Å². The summed E-state index contributed by atoms with van der Waals surface area (Å²) in [4.78, 5) is 17.4. The molecule has 1 aliphatic heterocycles. The first-order valence-electron chi connectivity index (χ1n) is 8.42. The summed E-state index contributed by atoms with van der Waals surface area (Å²) < 4.78 is 12.8. The lowest BCUT2D eigenvalue weighted by atomic mass is 9.85. The van der Waals surface area contributed by atoms with E-state index in [0.717, 1.165) is 29.7 Å². The monoisotopic (exact) mass is 372 g/mol. The van der Waals surface area contributed by atoms with Crippen molar-refractivity contribution >= 4 is 23.5 Å². The minimum Gasteiger partial charge on any atom is -0.497 e. The smallest absolute Gasteiger partial charge is 0.227 e. The molecule has 1 aliphatic carbocycles. The maximum Gasteiger partial charge on any atom is 0.227 e. The summed E-state index contributed by atoms with van der Waals surface area (Å²) in [6.07, 6.45) is 4.14. The van der Waals surface area contributed by atoms with Crippen LogP contribution in [0.2, 0.25) is 0 Å². The number of methoxy groups -OCH3 is 2. The van der Waals surface area contributed by atoms with E-state index in [-0.39, 0.29) is 11.8 Å². The van der Waals surface area contributed by atoms with Crippen molar-refractivity contribution in [1.29, 1.82) is 0 Å². The average molecular weight is 372 g/mol. The fourth-order valence-corrected chi connectivity index (χ4v) is 3.91. The van der Waals surface area contributed by atoms with Crippen LogP contribution < -0.4 is 14.8 Å². The lowest BCUT2D eigenvalue weighted by Crippen LogP contribution is -2.31. The zero-order valence-electron chi connectivity index (χ0n) is 14.9. The van der Waals surface area contributed by atoms with Crippen molar-refractivity contribution in [1.82, 2.24) is 14.8 Å². The fourth-order valence-electron chi connectivity index (χ4n) is 3.56. The largest absolute Gasteiger partial charge is 0.497 e. The molecule has 2 heterocycles. The number of nitrogens with one attached hydrogen (secondary N) is 1. The lowest BCUT2D eigenvalue weighted by Gasteiger charge is -2.32. The van der Waals surface area contributed by atoms with Crippen LogP contribution in [-0.2, 0) is 4.79 Å². The van der Waals surface area contributed by atoms with E-state index in [1.54, 1.807) is 18.9 Å². The van der Waals surface area contributed by atoms with Gasteiger partial charge in [0, 0.05) is 23.3 Å². The second kappa shape index (κ2) is 6.68. The van der Waals surface area contributed by atoms with E-state index in [1.807, 2.05) is 24.5 Å². The van der Waals surface area contributed by atoms with Gasteiger partial charge in [-0.15, -0.1) is 5.10 Å². The zero-order chi connectivity index (χ0) is 18.3. The Morgan fingerprint density at radius 2 is 2.12 bits per heavy atom. The van der Waals surface area contributed by atoms with Crippen molar-refractivity contribution < 1.29 is 14.3 Å². The normalized spacial score (nSPS) is 18.9. The third-order valence-corrected chi connectivity index (χ3v) is 5.30. The van der Waals surface area contributed by atoms with Gasteiger partial charge in [0.05, 0.1) is 14.2 Å². The molecule has 0 spiro atoms. The maximum absolute atomic E-state index is 12.8. The number of hydrogen-bond donors (Lipinski definition) is 1. The standard InChI is InChI=1S/C18H20N4O3S/c1-24-10-7-8-14(25-2)11(9-10)16-15-12(5-4-6-13(15)23)19-17-20-18(26-3)21-22(16)17/h7-9,16H,4-6H2,1-3H3,(H,19,20,21)/t16-/m0/s1. The minimum atomic E-state index is -0.382. The lowest BCUT2D eigenvalue weighted by molar-refractivity contribution is -0.116. The van der Waals surface area contributed by atoms with E-state index in [4.69, 9.17) is 9.47 Å². The zero-order valence-corrected chi connectivity index (χ0v) is 15.7. The number of aromatic nitrogens is 3. The Bertz CT molecular complexity index is 906. The second-order valence-electron chi connectivity index (χ2n) is 6.17. The molecule has 7 nitrogen and oxygen atoms in total. The van der Waals surface area contributed by atoms with Gasteiger partial charge in [0.1, 0.15) is 17.5 Å². The Hall–Kier alpha value is -2.48. The number of carbonyl (C=O) groups excluding carboxylic acids is 1. The third kappa shape index (κ3) is 2.65. The number of carbonyl (C=O) groups is 1. The van der Waals surface area contributed by atoms with Crippen LogP contribution in [0.4, 0.5) is 5.95 Å². The van der Waals surface area contributed by atoms with E-state index in [1.165, 1.54) is 11.8 Å². The van der Waals surface area contributed by atoms with Crippen LogP contribution in [-0.4, -0.2) is 41.0 Å². The van der Waals surface area contributed by atoms with Crippen LogP contribution in [0, 0.1) is 0 Å². The first kappa shape index (κ1) is 17.0. The van der Waals surface area contributed by atoms with Crippen molar-refractivity contribution in [2.45, 2.75) is 30.5 Å². The van der Waals surface area contributed by atoms with Crippen LogP contribution in [0.25, 0.3) is 0 Å². The molecule has 0 saturated carbocycles. The van der Waals surface area contributed by atoms with Crippen molar-refractivity contribution in [3.8, 4) is 11.5 Å². The van der Waals surface area contributed by atoms with E-state index in [0.29, 0.717) is 29.0 Å². The molecule has 0 amide bonds. The molecule has 2 aromatic rings. The summed E-state index contributed by atoms with van der Waals surface area (Å²) in [5.41, 5.74) is 2.52. The molecule has 0 bridgehead atoms. The molecule has 136 valence electrons. The molecule has 0 radical (unpaired) electrons. The number of nitrogens with zero attached hydrogens (tertiary/aromatic N) is 3. The molecule has 0 saturated heterocycles. The summed E-state index contributed by atoms with van der Waals surface area (Å²) in [5.74, 6) is 2.18. The number of ether oxygens (including phenoxy) is 2. The van der Waals surface area contributed by atoms with Crippen LogP contribution >= 0.6 is 11.8 Å². The molecular formula is C18H20N4O3S. The van der Waals surface area contributed by atoms with Crippen molar-refractivity contribution in [3.63, 3.8) is 0 Å². The van der Waals surface area contributed by atoms with Gasteiger partial charge < -0.3 is 14.8 Å². The number of anilines is 1. The van der Waals surface area contributed by atoms with Gasteiger partial charge >= 0.3 is 0 Å². The predicted molar refractivity (Wildman–Crippen MR) is 99.0 cm³/mol. The first-order chi connectivity index (χ1) is 12.7. The molecule has 4 rings (SSSR count). The molecule has 2 aliphatic rings. The van der Waals surface area contributed by atoms with Gasteiger partial charge in [0.2, 0.25) is 11.1 Å². The van der Waals surface area contributed by atoms with Crippen molar-refractivity contribution in [2.75, 3.05) is 25.8 Å². The molecule has 1 aromatic carbocycles. The van der Waals surface area contributed by atoms with E-state index < -0.39 is 0 Å². The third-order valence-electron chi connectivity index (χ3n) is 4.76. The van der Waals surface area contributed by atoms with Crippen molar-refractivity contribution in [3.05, 3.63) is 35.0 Å². The van der Waals surface area contributed by atoms with Gasteiger partial charge in [-0.2, -0.15) is 4.98 Å². The van der Waals surface area contributed by atoms with E-state index in [2.05, 4.69) is 15.4 Å². The Morgan fingerprint density at radius 1 is 1.27 bits per heavy atom. The summed E-state index contributed by atoms with van der Waals surface area (Å²) >= 11 is 1.47. The number of benzene rings is 1. The van der Waals surface area contributed by atoms with Gasteiger partial charge in [-0.05, 0) is 37.3 Å². The number of thioether (sulfide) groups is 1. The SMILES string of the molecule is COc1ccc(OC)c([C@H]2C3=C(CCCC3=O)Nc3nc(SC)nn32)c1. The molecule has 8 heteroatoms. The summed E-state index contributed by atoms with van der Waals surface area (Å²) in [7, 11) is 3.25. The minimum absolute atomic E-state index is 0.139. The second-order valence-corrected chi connectivity index (χ2v) is 6.94. The summed E-state index contributed by atoms with van der Waals surface area (Å²) in [6.45, 7) is 0. The van der Waals surface area contributed by atoms with Gasteiger partial charge in [0.25, 0.3) is 0 Å². The highest BCUT2D eigenvalue weighted by atomic mass is 32.2. The van der Waals surface area contributed by atoms with Gasteiger partial charge in [0.15, 0.2) is 5.78 Å². The number of rotatable bonds is 4. The maximum atomic E-state index is 12.8. The quantitative estimate of drug-likeness (QED) is 0.827. The highest BCUT2D eigenvalue weighted by Crippen LogP contribution is 2.43.